The number of hydrogen-bond donors (Lipinski definition) is 0. The molecule has 0 bridgehead atoms. The van der Waals surface area contributed by atoms with Crippen LogP contribution in [0.4, 0.5) is 0 Å². The molecular weight excluding hydrogens is 240 g/mol. The average molecular weight is 264 g/mol. The number of Topliss-reactive ketones (excluding diaryl/α,β-unsaturated/α-hetero) is 1. The fourth-order valence-corrected chi connectivity index (χ4v) is 3.24. The summed E-state index contributed by atoms with van der Waals surface area (Å²) in [6.45, 7) is 9.39. The summed E-state index contributed by atoms with van der Waals surface area (Å²) in [5, 5.41) is 0. The van der Waals surface area contributed by atoms with Gasteiger partial charge in [0.1, 0.15) is 5.78 Å². The van der Waals surface area contributed by atoms with Crippen molar-refractivity contribution in [1.29, 1.82) is 0 Å². The molecule has 3 heteroatoms. The van der Waals surface area contributed by atoms with Crippen LogP contribution < -0.4 is 0 Å². The minimum atomic E-state index is -0.470. The van der Waals surface area contributed by atoms with Crippen molar-refractivity contribution in [2.75, 3.05) is 7.11 Å². The summed E-state index contributed by atoms with van der Waals surface area (Å²) in [6, 6.07) is 0. The molecule has 3 nitrogen and oxygen atoms in total. The minimum absolute atomic E-state index is 0.0467. The molecule has 0 N–H and O–H groups in total. The van der Waals surface area contributed by atoms with E-state index < -0.39 is 5.41 Å². The van der Waals surface area contributed by atoms with Crippen LogP contribution in [0.25, 0.3) is 0 Å². The van der Waals surface area contributed by atoms with Crippen LogP contribution in [0.1, 0.15) is 39.0 Å². The maximum absolute atomic E-state index is 12.2. The van der Waals surface area contributed by atoms with Gasteiger partial charge in [-0.05, 0) is 31.6 Å². The molecule has 1 aliphatic rings. The molecule has 0 aromatic heterocycles. The van der Waals surface area contributed by atoms with Crippen molar-refractivity contribution in [3.05, 3.63) is 25.3 Å². The van der Waals surface area contributed by atoms with Gasteiger partial charge in [-0.25, -0.2) is 0 Å². The van der Waals surface area contributed by atoms with Crippen molar-refractivity contribution >= 4 is 11.8 Å². The average Bonchev–Trinajstić information content (AvgIpc) is 2.67. The number of ether oxygens (including phenoxy) is 1. The molecule has 0 radical (unpaired) electrons. The molecule has 1 fully saturated rings. The van der Waals surface area contributed by atoms with Gasteiger partial charge in [0.05, 0.1) is 13.0 Å². The van der Waals surface area contributed by atoms with Gasteiger partial charge in [0.25, 0.3) is 0 Å². The third-order valence-electron chi connectivity index (χ3n) is 4.38. The fraction of sp³-hybridized carbons (Fsp3) is 0.625. The van der Waals surface area contributed by atoms with Gasteiger partial charge in [0.15, 0.2) is 0 Å². The van der Waals surface area contributed by atoms with Crippen LogP contribution in [0, 0.1) is 17.3 Å². The van der Waals surface area contributed by atoms with E-state index in [0.717, 1.165) is 12.8 Å². The number of carbonyl (C=O) groups excluding carboxylic acids is 2. The zero-order valence-corrected chi connectivity index (χ0v) is 12.0. The van der Waals surface area contributed by atoms with Crippen molar-refractivity contribution < 1.29 is 14.3 Å². The summed E-state index contributed by atoms with van der Waals surface area (Å²) in [7, 11) is 1.41. The van der Waals surface area contributed by atoms with E-state index in [1.165, 1.54) is 7.11 Å². The molecule has 0 heterocycles. The van der Waals surface area contributed by atoms with Gasteiger partial charge in [-0.3, -0.25) is 9.59 Å². The summed E-state index contributed by atoms with van der Waals surface area (Å²) in [6.07, 6.45) is 6.97. The van der Waals surface area contributed by atoms with Crippen LogP contribution in [0.5, 0.6) is 0 Å². The van der Waals surface area contributed by atoms with Crippen molar-refractivity contribution in [1.82, 2.24) is 0 Å². The topological polar surface area (TPSA) is 43.4 Å². The first-order valence-electron chi connectivity index (χ1n) is 6.84. The SMILES string of the molecule is C=CCC[C@@H](C(=O)OC)[C@H]1CCC(=O)[C@]1(C)CC=C. The third kappa shape index (κ3) is 3.14. The van der Waals surface area contributed by atoms with Crippen molar-refractivity contribution in [2.24, 2.45) is 17.3 Å². The highest BCUT2D eigenvalue weighted by Crippen LogP contribution is 2.48. The van der Waals surface area contributed by atoms with E-state index in [4.69, 9.17) is 4.74 Å². The summed E-state index contributed by atoms with van der Waals surface area (Å²) in [5.74, 6) is -0.147. The van der Waals surface area contributed by atoms with Crippen LogP contribution in [0.15, 0.2) is 25.3 Å². The number of rotatable bonds is 7. The first kappa shape index (κ1) is 15.7. The molecular formula is C16H24O3. The Bertz CT molecular complexity index is 372. The van der Waals surface area contributed by atoms with Gasteiger partial charge < -0.3 is 4.74 Å². The maximum Gasteiger partial charge on any atom is 0.308 e. The summed E-state index contributed by atoms with van der Waals surface area (Å²) >= 11 is 0. The number of carbonyl (C=O) groups is 2. The highest BCUT2D eigenvalue weighted by Gasteiger charge is 2.50. The van der Waals surface area contributed by atoms with Gasteiger partial charge in [-0.1, -0.05) is 19.1 Å². The molecule has 106 valence electrons. The van der Waals surface area contributed by atoms with Crippen molar-refractivity contribution in [2.45, 2.75) is 39.0 Å². The molecule has 0 saturated heterocycles. The van der Waals surface area contributed by atoms with E-state index in [1.807, 2.05) is 6.92 Å². The van der Waals surface area contributed by atoms with Crippen LogP contribution in [0.2, 0.25) is 0 Å². The Balaban J connectivity index is 2.99. The van der Waals surface area contributed by atoms with Gasteiger partial charge in [0.2, 0.25) is 0 Å². The second-order valence-electron chi connectivity index (χ2n) is 5.47. The number of esters is 1. The fourth-order valence-electron chi connectivity index (χ4n) is 3.24. The van der Waals surface area contributed by atoms with Gasteiger partial charge >= 0.3 is 5.97 Å². The molecule has 0 aromatic carbocycles. The first-order valence-corrected chi connectivity index (χ1v) is 6.84. The number of allylic oxidation sites excluding steroid dienone is 2. The molecule has 0 aromatic rings. The van der Waals surface area contributed by atoms with E-state index in [2.05, 4.69) is 13.2 Å². The van der Waals surface area contributed by atoms with Crippen LogP contribution in [0.3, 0.4) is 0 Å². The normalized spacial score (nSPS) is 27.9. The Morgan fingerprint density at radius 3 is 2.74 bits per heavy atom. The Morgan fingerprint density at radius 2 is 2.21 bits per heavy atom. The van der Waals surface area contributed by atoms with Crippen LogP contribution in [-0.4, -0.2) is 18.9 Å². The standard InChI is InChI=1S/C16H24O3/c1-5-7-8-12(15(18)19-4)13-9-10-14(17)16(13,3)11-6-2/h5-6,12-13H,1-2,7-11H2,3-4H3/t12-,13-,16-/m1/s1. The molecule has 1 aliphatic carbocycles. The van der Waals surface area contributed by atoms with E-state index in [9.17, 15) is 9.59 Å². The number of hydrogen-bond acceptors (Lipinski definition) is 3. The van der Waals surface area contributed by atoms with E-state index in [0.29, 0.717) is 19.3 Å². The van der Waals surface area contributed by atoms with Crippen molar-refractivity contribution in [3.63, 3.8) is 0 Å². The summed E-state index contributed by atoms with van der Waals surface area (Å²) in [5.41, 5.74) is -0.470. The highest BCUT2D eigenvalue weighted by atomic mass is 16.5. The Morgan fingerprint density at radius 1 is 1.53 bits per heavy atom. The zero-order valence-electron chi connectivity index (χ0n) is 12.0. The quantitative estimate of drug-likeness (QED) is 0.523. The van der Waals surface area contributed by atoms with Crippen LogP contribution >= 0.6 is 0 Å². The zero-order chi connectivity index (χ0) is 14.5. The van der Waals surface area contributed by atoms with E-state index in [1.54, 1.807) is 12.2 Å². The molecule has 0 amide bonds. The lowest BCUT2D eigenvalue weighted by molar-refractivity contribution is -0.149. The predicted octanol–water partition coefficient (Wildman–Crippen LogP) is 3.30. The Labute approximate surface area is 115 Å². The van der Waals surface area contributed by atoms with E-state index >= 15 is 0 Å². The lowest BCUT2D eigenvalue weighted by Crippen LogP contribution is -2.37. The number of methoxy groups -OCH3 is 1. The monoisotopic (exact) mass is 264 g/mol. The Hall–Kier alpha value is -1.38. The summed E-state index contributed by atoms with van der Waals surface area (Å²) < 4.78 is 4.92. The first-order chi connectivity index (χ1) is 9.01. The lowest BCUT2D eigenvalue weighted by atomic mass is 9.69. The van der Waals surface area contributed by atoms with Crippen molar-refractivity contribution in [3.8, 4) is 0 Å². The molecule has 1 saturated carbocycles. The molecule has 1 rings (SSSR count). The third-order valence-corrected chi connectivity index (χ3v) is 4.38. The highest BCUT2D eigenvalue weighted by molar-refractivity contribution is 5.88. The predicted molar refractivity (Wildman–Crippen MR) is 75.6 cm³/mol. The largest absolute Gasteiger partial charge is 0.469 e. The van der Waals surface area contributed by atoms with Crippen LogP contribution in [-0.2, 0) is 14.3 Å². The second kappa shape index (κ2) is 6.69. The molecule has 0 spiro atoms. The summed E-state index contributed by atoms with van der Waals surface area (Å²) in [4.78, 5) is 24.2. The second-order valence-corrected chi connectivity index (χ2v) is 5.47. The number of ketones is 1. The van der Waals surface area contributed by atoms with Gasteiger partial charge in [-0.2, -0.15) is 0 Å². The smallest absolute Gasteiger partial charge is 0.308 e. The minimum Gasteiger partial charge on any atom is -0.469 e. The molecule has 3 atom stereocenters. The lowest BCUT2D eigenvalue weighted by Gasteiger charge is -2.33. The molecule has 0 unspecified atom stereocenters. The Kier molecular flexibility index (Phi) is 5.52. The molecule has 19 heavy (non-hydrogen) atoms. The molecule has 0 aliphatic heterocycles. The van der Waals surface area contributed by atoms with Gasteiger partial charge in [0, 0.05) is 11.8 Å². The maximum atomic E-state index is 12.2. The van der Waals surface area contributed by atoms with Gasteiger partial charge in [-0.15, -0.1) is 13.2 Å². The van der Waals surface area contributed by atoms with E-state index in [-0.39, 0.29) is 23.6 Å².